The highest BCUT2D eigenvalue weighted by molar-refractivity contribution is 9.09. The van der Waals surface area contributed by atoms with Gasteiger partial charge in [0.25, 0.3) is 0 Å². The third-order valence-corrected chi connectivity index (χ3v) is 11.9. The minimum absolute atomic E-state index is 0.0147. The van der Waals surface area contributed by atoms with Gasteiger partial charge in [-0.05, 0) is 37.0 Å². The van der Waals surface area contributed by atoms with E-state index in [1.807, 2.05) is 60.7 Å². The fraction of sp³-hybridized carbons (Fsp3) is 0.424. The summed E-state index contributed by atoms with van der Waals surface area (Å²) in [4.78, 5) is 48.6. The highest BCUT2D eigenvalue weighted by Crippen LogP contribution is 2.68. The van der Waals surface area contributed by atoms with Crippen LogP contribution in [0.3, 0.4) is 0 Å². The number of unbranched alkanes of at least 4 members (excludes halogenated alkanes) is 1. The van der Waals surface area contributed by atoms with E-state index in [0.29, 0.717) is 45.4 Å². The van der Waals surface area contributed by atoms with E-state index < -0.39 is 22.6 Å². The van der Waals surface area contributed by atoms with Crippen LogP contribution in [-0.4, -0.2) is 79.7 Å². The lowest BCUT2D eigenvalue weighted by atomic mass is 9.70. The average Bonchev–Trinajstić information content (AvgIpc) is 3.59. The van der Waals surface area contributed by atoms with Crippen LogP contribution in [0.1, 0.15) is 24.8 Å². The Morgan fingerprint density at radius 2 is 1.69 bits per heavy atom. The number of hydrogen-bond donors (Lipinski definition) is 1. The first-order valence-corrected chi connectivity index (χ1v) is 16.3. The topological polar surface area (TPSA) is 81.2 Å². The largest absolute Gasteiger partial charge is 0.396 e. The molecule has 5 rings (SSSR count). The Hall–Kier alpha value is -2.88. The summed E-state index contributed by atoms with van der Waals surface area (Å²) in [5.74, 6) is -1.57. The monoisotopic (exact) mass is 651 g/mol. The van der Waals surface area contributed by atoms with Crippen LogP contribution in [0.5, 0.6) is 0 Å². The van der Waals surface area contributed by atoms with Gasteiger partial charge in [-0.3, -0.25) is 14.4 Å². The zero-order valence-electron chi connectivity index (χ0n) is 23.7. The van der Waals surface area contributed by atoms with Crippen molar-refractivity contribution < 1.29 is 19.5 Å². The maximum Gasteiger partial charge on any atom is 0.247 e. The van der Waals surface area contributed by atoms with Crippen molar-refractivity contribution in [1.82, 2.24) is 9.80 Å². The number of amides is 3. The number of fused-ring (bicyclic) bond motifs is 1. The second-order valence-electron chi connectivity index (χ2n) is 11.2. The van der Waals surface area contributed by atoms with E-state index in [-0.39, 0.29) is 34.4 Å². The van der Waals surface area contributed by atoms with Crippen molar-refractivity contribution in [3.05, 3.63) is 91.5 Å². The highest BCUT2D eigenvalue weighted by Gasteiger charge is 2.76. The summed E-state index contributed by atoms with van der Waals surface area (Å²) in [7, 11) is 0. The first-order valence-electron chi connectivity index (χ1n) is 14.5. The lowest BCUT2D eigenvalue weighted by molar-refractivity contribution is -0.143. The number of rotatable bonds is 13. The highest BCUT2D eigenvalue weighted by atomic mass is 79.9. The number of likely N-dealkylation sites (tertiary alicyclic amines) is 1. The molecule has 42 heavy (non-hydrogen) atoms. The Bertz CT molecular complexity index is 1310. The average molecular weight is 653 g/mol. The normalized spacial score (nSPS) is 27.5. The van der Waals surface area contributed by atoms with E-state index in [1.54, 1.807) is 38.6 Å². The number of para-hydroxylation sites is 1. The van der Waals surface area contributed by atoms with E-state index >= 15 is 0 Å². The fourth-order valence-electron chi connectivity index (χ4n) is 6.93. The molecule has 9 heteroatoms. The number of nitrogens with zero attached hydrogens (tertiary/aromatic N) is 3. The molecule has 7 nitrogen and oxygen atoms in total. The number of anilines is 1. The van der Waals surface area contributed by atoms with Gasteiger partial charge in [-0.25, -0.2) is 0 Å². The summed E-state index contributed by atoms with van der Waals surface area (Å²) in [6, 6.07) is 18.6. The van der Waals surface area contributed by atoms with Crippen LogP contribution in [0.25, 0.3) is 0 Å². The van der Waals surface area contributed by atoms with Crippen LogP contribution in [0.2, 0.25) is 0 Å². The van der Waals surface area contributed by atoms with Crippen molar-refractivity contribution in [1.29, 1.82) is 0 Å². The van der Waals surface area contributed by atoms with Crippen LogP contribution in [0, 0.1) is 11.8 Å². The number of hydrogen-bond acceptors (Lipinski definition) is 5. The first kappa shape index (κ1) is 30.6. The van der Waals surface area contributed by atoms with Crippen molar-refractivity contribution in [2.75, 3.05) is 31.1 Å². The molecular weight excluding hydrogens is 614 g/mol. The van der Waals surface area contributed by atoms with E-state index in [0.717, 1.165) is 11.3 Å². The fourth-order valence-corrected chi connectivity index (χ4v) is 10.5. The molecule has 1 spiro atoms. The zero-order valence-corrected chi connectivity index (χ0v) is 26.1. The lowest BCUT2D eigenvalue weighted by Crippen LogP contribution is -2.55. The van der Waals surface area contributed by atoms with Gasteiger partial charge < -0.3 is 19.8 Å². The van der Waals surface area contributed by atoms with Crippen LogP contribution in [-0.2, 0) is 20.9 Å². The molecule has 0 aliphatic carbocycles. The third-order valence-electron chi connectivity index (χ3n) is 8.64. The van der Waals surface area contributed by atoms with Crippen molar-refractivity contribution in [3.63, 3.8) is 0 Å². The molecule has 0 radical (unpaired) electrons. The Kier molecular flexibility index (Phi) is 9.60. The first-order chi connectivity index (χ1) is 20.4. The standard InChI is InChI=1S/C33H38BrN3O4S/c1-3-17-35(22-23-13-7-5-8-14-23)32(41)29-33-21-25(34)28(42-33)26(27(33)31(40)37(29)19-11-12-20-38)30(39)36(18-4-2)24-15-9-6-10-16-24/h3-10,13-16,25-29,38H,1-2,11-12,17-22H2/t25?,26-,27-,28-,29?,33?/m0/s1. The maximum absolute atomic E-state index is 14.6. The quantitative estimate of drug-likeness (QED) is 0.194. The van der Waals surface area contributed by atoms with E-state index in [4.69, 9.17) is 0 Å². The lowest BCUT2D eigenvalue weighted by Gasteiger charge is -2.38. The number of thioether (sulfide) groups is 1. The van der Waals surface area contributed by atoms with Gasteiger partial charge in [0.2, 0.25) is 17.7 Å². The van der Waals surface area contributed by atoms with E-state index in [1.165, 1.54) is 0 Å². The molecule has 3 amide bonds. The molecule has 3 heterocycles. The molecule has 0 saturated carbocycles. The summed E-state index contributed by atoms with van der Waals surface area (Å²) in [5, 5.41) is 9.34. The SMILES string of the molecule is C=CCN(Cc1ccccc1)C(=O)C1N(CCCCO)C(=O)[C@@H]2[C@H](C(=O)N(CC=C)c3ccccc3)[C@H]3SC12CC3Br. The van der Waals surface area contributed by atoms with Gasteiger partial charge in [-0.15, -0.1) is 24.9 Å². The second-order valence-corrected chi connectivity index (χ2v) is 13.9. The molecule has 2 bridgehead atoms. The predicted molar refractivity (Wildman–Crippen MR) is 171 cm³/mol. The molecule has 0 aromatic heterocycles. The van der Waals surface area contributed by atoms with E-state index in [2.05, 4.69) is 29.1 Å². The molecule has 1 N–H and O–H groups in total. The van der Waals surface area contributed by atoms with Crippen molar-refractivity contribution in [3.8, 4) is 0 Å². The van der Waals surface area contributed by atoms with Crippen LogP contribution in [0.15, 0.2) is 86.0 Å². The molecule has 3 saturated heterocycles. The van der Waals surface area contributed by atoms with Gasteiger partial charge in [-0.1, -0.05) is 76.6 Å². The molecule has 3 aliphatic heterocycles. The number of carbonyl (C=O) groups is 3. The molecular formula is C33H38BrN3O4S. The van der Waals surface area contributed by atoms with Gasteiger partial charge >= 0.3 is 0 Å². The Labute approximate surface area is 260 Å². The van der Waals surface area contributed by atoms with E-state index in [9.17, 15) is 19.5 Å². The molecule has 2 aromatic rings. The number of halogens is 1. The summed E-state index contributed by atoms with van der Waals surface area (Å²) in [6.45, 7) is 9.21. The predicted octanol–water partition coefficient (Wildman–Crippen LogP) is 4.66. The van der Waals surface area contributed by atoms with Crippen molar-refractivity contribution in [2.24, 2.45) is 11.8 Å². The van der Waals surface area contributed by atoms with Crippen molar-refractivity contribution >= 4 is 51.1 Å². The number of carbonyl (C=O) groups excluding carboxylic acids is 3. The molecule has 3 unspecified atom stereocenters. The molecule has 6 atom stereocenters. The van der Waals surface area contributed by atoms with Gasteiger partial charge in [-0.2, -0.15) is 0 Å². The minimum atomic E-state index is -0.737. The van der Waals surface area contributed by atoms with Crippen molar-refractivity contribution in [2.45, 2.75) is 46.7 Å². The molecule has 3 aliphatic rings. The Morgan fingerprint density at radius 1 is 1.02 bits per heavy atom. The number of aliphatic hydroxyl groups excluding tert-OH is 1. The van der Waals surface area contributed by atoms with Gasteiger partial charge in [0, 0.05) is 48.6 Å². The Balaban J connectivity index is 1.54. The van der Waals surface area contributed by atoms with Gasteiger partial charge in [0.05, 0.1) is 16.6 Å². The minimum Gasteiger partial charge on any atom is -0.396 e. The summed E-state index contributed by atoms with van der Waals surface area (Å²) >= 11 is 5.51. The molecule has 3 fully saturated rings. The Morgan fingerprint density at radius 3 is 2.33 bits per heavy atom. The summed E-state index contributed by atoms with van der Waals surface area (Å²) < 4.78 is -0.737. The second kappa shape index (κ2) is 13.2. The summed E-state index contributed by atoms with van der Waals surface area (Å²) in [5.41, 5.74) is 1.75. The van der Waals surface area contributed by atoms with Crippen LogP contribution in [0.4, 0.5) is 5.69 Å². The molecule has 2 aromatic carbocycles. The summed E-state index contributed by atoms with van der Waals surface area (Å²) in [6.07, 6.45) is 5.15. The third kappa shape index (κ3) is 5.47. The number of benzene rings is 2. The number of aliphatic hydroxyl groups is 1. The molecule has 222 valence electrons. The van der Waals surface area contributed by atoms with Crippen LogP contribution < -0.4 is 4.90 Å². The maximum atomic E-state index is 14.6. The zero-order chi connectivity index (χ0) is 29.9. The number of alkyl halides is 1. The van der Waals surface area contributed by atoms with Gasteiger partial charge in [0.1, 0.15) is 6.04 Å². The van der Waals surface area contributed by atoms with Gasteiger partial charge in [0.15, 0.2) is 0 Å². The van der Waals surface area contributed by atoms with Crippen LogP contribution >= 0.6 is 27.7 Å². The smallest absolute Gasteiger partial charge is 0.247 e.